The molecule has 0 spiro atoms. The summed E-state index contributed by atoms with van der Waals surface area (Å²) in [6.07, 6.45) is -2.80. The van der Waals surface area contributed by atoms with Crippen LogP contribution < -0.4 is 16.6 Å². The summed E-state index contributed by atoms with van der Waals surface area (Å²) in [5.41, 5.74) is 4.63. The lowest BCUT2D eigenvalue weighted by molar-refractivity contribution is -0.137. The van der Waals surface area contributed by atoms with E-state index in [9.17, 15) is 26.7 Å². The molecule has 2 aromatic rings. The summed E-state index contributed by atoms with van der Waals surface area (Å²) < 4.78 is 65.9. The molecule has 1 aromatic carbocycles. The van der Waals surface area contributed by atoms with Gasteiger partial charge in [0.2, 0.25) is 5.95 Å². The van der Waals surface area contributed by atoms with E-state index in [1.54, 1.807) is 6.92 Å². The van der Waals surface area contributed by atoms with Crippen LogP contribution in [0.1, 0.15) is 29.3 Å². The van der Waals surface area contributed by atoms with E-state index in [4.69, 9.17) is 11.6 Å². The molecule has 0 fully saturated rings. The van der Waals surface area contributed by atoms with Crippen LogP contribution in [0.2, 0.25) is 0 Å². The fourth-order valence-electron chi connectivity index (χ4n) is 3.05. The number of carbonyl (C=O) groups is 1. The van der Waals surface area contributed by atoms with Gasteiger partial charge in [-0.15, -0.1) is 0 Å². The topological polar surface area (TPSA) is 101 Å². The summed E-state index contributed by atoms with van der Waals surface area (Å²) in [6.45, 7) is 1.40. The number of nitrogens with zero attached hydrogens (tertiary/aromatic N) is 4. The van der Waals surface area contributed by atoms with Gasteiger partial charge in [-0.25, -0.2) is 29.6 Å². The zero-order valence-electron chi connectivity index (χ0n) is 15.6. The first-order valence-electron chi connectivity index (χ1n) is 8.66. The molecule has 0 radical (unpaired) electrons. The maximum atomic E-state index is 14.1. The molecule has 0 aliphatic carbocycles. The number of hydrogen-bond donors (Lipinski definition) is 2. The SMILES string of the molecule is C[C@H]1CC(N(N)c2ncc(F)cn2)=C(N)CN1C(=O)c1cc(C(F)(F)F)ccc1F. The number of rotatable bonds is 3. The summed E-state index contributed by atoms with van der Waals surface area (Å²) in [5, 5.41) is 1.04. The molecule has 1 aliphatic rings. The lowest BCUT2D eigenvalue weighted by Crippen LogP contribution is -2.48. The zero-order chi connectivity index (χ0) is 22.2. The maximum Gasteiger partial charge on any atom is 0.416 e. The highest BCUT2D eigenvalue weighted by molar-refractivity contribution is 5.95. The minimum Gasteiger partial charge on any atom is -0.399 e. The van der Waals surface area contributed by atoms with Gasteiger partial charge in [0.25, 0.3) is 5.91 Å². The number of carbonyl (C=O) groups excluding carboxylic acids is 1. The van der Waals surface area contributed by atoms with Gasteiger partial charge in [-0.05, 0) is 25.1 Å². The van der Waals surface area contributed by atoms with Crippen LogP contribution in [-0.2, 0) is 6.18 Å². The number of aromatic nitrogens is 2. The third-order valence-corrected chi connectivity index (χ3v) is 4.63. The number of alkyl halides is 3. The van der Waals surface area contributed by atoms with E-state index in [0.29, 0.717) is 23.9 Å². The van der Waals surface area contributed by atoms with Gasteiger partial charge >= 0.3 is 6.18 Å². The number of halogens is 5. The standard InChI is InChI=1S/C18H17F5N6O/c1-9-4-15(29(25)17-26-6-11(19)7-27-17)14(24)8-28(9)16(30)12-5-10(18(21,22)23)2-3-13(12)20/h2-3,5-7,9H,4,8,24-25H2,1H3/t9-/m0/s1. The fourth-order valence-corrected chi connectivity index (χ4v) is 3.05. The van der Waals surface area contributed by atoms with Crippen LogP contribution in [-0.4, -0.2) is 33.4 Å². The van der Waals surface area contributed by atoms with Gasteiger partial charge in [0.1, 0.15) is 5.82 Å². The lowest BCUT2D eigenvalue weighted by atomic mass is 10.0. The number of nitrogens with two attached hydrogens (primary N) is 2. The van der Waals surface area contributed by atoms with Crippen molar-refractivity contribution in [1.29, 1.82) is 0 Å². The molecule has 1 aliphatic heterocycles. The molecule has 0 saturated heterocycles. The molecule has 3 rings (SSSR count). The number of amides is 1. The van der Waals surface area contributed by atoms with Gasteiger partial charge in [-0.2, -0.15) is 13.2 Å². The maximum absolute atomic E-state index is 14.1. The molecule has 12 heteroatoms. The van der Waals surface area contributed by atoms with Gasteiger partial charge in [0.05, 0.1) is 35.8 Å². The van der Waals surface area contributed by atoms with E-state index < -0.39 is 40.9 Å². The van der Waals surface area contributed by atoms with Gasteiger partial charge in [-0.1, -0.05) is 0 Å². The average Bonchev–Trinajstić information content (AvgIpc) is 2.68. The molecule has 160 valence electrons. The average molecular weight is 428 g/mol. The normalized spacial score (nSPS) is 17.3. The number of anilines is 1. The Labute approximate surface area is 167 Å². The van der Waals surface area contributed by atoms with Crippen molar-refractivity contribution in [3.63, 3.8) is 0 Å². The van der Waals surface area contributed by atoms with Crippen LogP contribution in [0, 0.1) is 11.6 Å². The Bertz CT molecular complexity index is 992. The minimum absolute atomic E-state index is 0.0368. The highest BCUT2D eigenvalue weighted by Crippen LogP contribution is 2.32. The van der Waals surface area contributed by atoms with Crippen LogP contribution in [0.4, 0.5) is 27.9 Å². The van der Waals surface area contributed by atoms with Crippen molar-refractivity contribution in [2.45, 2.75) is 25.6 Å². The molecule has 0 unspecified atom stereocenters. The largest absolute Gasteiger partial charge is 0.416 e. The third kappa shape index (κ3) is 4.17. The second kappa shape index (κ2) is 7.86. The van der Waals surface area contributed by atoms with Gasteiger partial charge in [-0.3, -0.25) is 4.79 Å². The Balaban J connectivity index is 1.88. The smallest absolute Gasteiger partial charge is 0.399 e. The molecule has 7 nitrogen and oxygen atoms in total. The number of hydrazine groups is 1. The monoisotopic (exact) mass is 428 g/mol. The Kier molecular flexibility index (Phi) is 5.61. The van der Waals surface area contributed by atoms with E-state index in [0.717, 1.165) is 22.3 Å². The molecule has 4 N–H and O–H groups in total. The van der Waals surface area contributed by atoms with Crippen molar-refractivity contribution < 1.29 is 26.7 Å². The predicted octanol–water partition coefficient (Wildman–Crippen LogP) is 2.56. The molecule has 2 heterocycles. The third-order valence-electron chi connectivity index (χ3n) is 4.63. The molecule has 0 bridgehead atoms. The summed E-state index contributed by atoms with van der Waals surface area (Å²) >= 11 is 0. The highest BCUT2D eigenvalue weighted by atomic mass is 19.4. The Morgan fingerprint density at radius 3 is 2.47 bits per heavy atom. The summed E-state index contributed by atoms with van der Waals surface area (Å²) in [4.78, 5) is 21.4. The lowest BCUT2D eigenvalue weighted by Gasteiger charge is -2.37. The first-order valence-corrected chi connectivity index (χ1v) is 8.66. The van der Waals surface area contributed by atoms with Crippen molar-refractivity contribution in [2.24, 2.45) is 11.6 Å². The van der Waals surface area contributed by atoms with E-state index >= 15 is 0 Å². The molecule has 1 atom stereocenters. The number of hydrogen-bond acceptors (Lipinski definition) is 6. The number of benzene rings is 1. The summed E-state index contributed by atoms with van der Waals surface area (Å²) in [5.74, 6) is 3.25. The highest BCUT2D eigenvalue weighted by Gasteiger charge is 2.35. The molecular weight excluding hydrogens is 411 g/mol. The minimum atomic E-state index is -4.72. The Morgan fingerprint density at radius 1 is 1.23 bits per heavy atom. The molecule has 1 aromatic heterocycles. The van der Waals surface area contributed by atoms with Crippen molar-refractivity contribution in [3.8, 4) is 0 Å². The van der Waals surface area contributed by atoms with Crippen LogP contribution in [0.5, 0.6) is 0 Å². The molecule has 0 saturated carbocycles. The van der Waals surface area contributed by atoms with Gasteiger partial charge in [0, 0.05) is 18.2 Å². The van der Waals surface area contributed by atoms with E-state index in [1.165, 1.54) is 0 Å². The van der Waals surface area contributed by atoms with Crippen LogP contribution in [0.3, 0.4) is 0 Å². The first kappa shape index (κ1) is 21.4. The van der Waals surface area contributed by atoms with Crippen LogP contribution in [0.15, 0.2) is 42.0 Å². The van der Waals surface area contributed by atoms with Gasteiger partial charge < -0.3 is 10.6 Å². The first-order chi connectivity index (χ1) is 14.0. The van der Waals surface area contributed by atoms with E-state index in [1.807, 2.05) is 0 Å². The van der Waals surface area contributed by atoms with Crippen LogP contribution in [0.25, 0.3) is 0 Å². The zero-order valence-corrected chi connectivity index (χ0v) is 15.6. The second-order valence-electron chi connectivity index (χ2n) is 6.72. The quantitative estimate of drug-likeness (QED) is 0.443. The van der Waals surface area contributed by atoms with Crippen LogP contribution >= 0.6 is 0 Å². The molecule has 30 heavy (non-hydrogen) atoms. The summed E-state index contributed by atoms with van der Waals surface area (Å²) in [7, 11) is 0. The van der Waals surface area contributed by atoms with Crippen molar-refractivity contribution in [2.75, 3.05) is 11.6 Å². The van der Waals surface area contributed by atoms with Gasteiger partial charge in [0.15, 0.2) is 5.82 Å². The Hall–Kier alpha value is -3.28. The van der Waals surface area contributed by atoms with Crippen molar-refractivity contribution >= 4 is 11.9 Å². The van der Waals surface area contributed by atoms with Crippen molar-refractivity contribution in [3.05, 3.63) is 64.7 Å². The predicted molar refractivity (Wildman–Crippen MR) is 96.4 cm³/mol. The van der Waals surface area contributed by atoms with E-state index in [-0.39, 0.29) is 24.6 Å². The molecular formula is C18H17F5N6O. The second-order valence-corrected chi connectivity index (χ2v) is 6.72. The van der Waals surface area contributed by atoms with E-state index in [2.05, 4.69) is 9.97 Å². The summed E-state index contributed by atoms with van der Waals surface area (Å²) in [6, 6.07) is 1.05. The fraction of sp³-hybridized carbons (Fsp3) is 0.278. The molecule has 1 amide bonds. The van der Waals surface area contributed by atoms with Crippen molar-refractivity contribution in [1.82, 2.24) is 14.9 Å². The Morgan fingerprint density at radius 2 is 1.87 bits per heavy atom.